The monoisotopic (exact) mass is 300 g/mol. The lowest BCUT2D eigenvalue weighted by atomic mass is 10.1. The molecule has 1 aromatic carbocycles. The molecule has 0 heterocycles. The van der Waals surface area contributed by atoms with Gasteiger partial charge in [-0.1, -0.05) is 12.8 Å². The number of ether oxygens (including phenoxy) is 1. The normalized spacial score (nSPS) is 16.1. The Morgan fingerprint density at radius 3 is 2.76 bits per heavy atom. The highest BCUT2D eigenvalue weighted by Gasteiger charge is 2.18. The van der Waals surface area contributed by atoms with E-state index in [-0.39, 0.29) is 11.3 Å². The average Bonchev–Trinajstić information content (AvgIpc) is 2.82. The Bertz CT molecular complexity index is 414. The van der Waals surface area contributed by atoms with Gasteiger partial charge in [0.25, 0.3) is 0 Å². The molecule has 0 amide bonds. The van der Waals surface area contributed by atoms with Gasteiger partial charge in [-0.15, -0.1) is 0 Å². The van der Waals surface area contributed by atoms with E-state index >= 15 is 0 Å². The molecule has 4 heteroatoms. The van der Waals surface area contributed by atoms with Crippen LogP contribution in [-0.2, 0) is 0 Å². The van der Waals surface area contributed by atoms with Crippen LogP contribution in [-0.4, -0.2) is 12.9 Å². The summed E-state index contributed by atoms with van der Waals surface area (Å²) < 4.78 is 19.7. The summed E-state index contributed by atoms with van der Waals surface area (Å²) in [5.74, 6) is 0.118. The smallest absolute Gasteiger partial charge is 0.176 e. The van der Waals surface area contributed by atoms with E-state index in [4.69, 9.17) is 4.74 Å². The number of hydrogen-bond acceptors (Lipinski definition) is 2. The number of aldehydes is 1. The summed E-state index contributed by atoms with van der Waals surface area (Å²) in [5.41, 5.74) is 0.0221. The van der Waals surface area contributed by atoms with Gasteiger partial charge in [-0.3, -0.25) is 4.79 Å². The Hall–Kier alpha value is -0.900. The van der Waals surface area contributed by atoms with Crippen molar-refractivity contribution in [2.24, 2.45) is 5.92 Å². The van der Waals surface area contributed by atoms with Gasteiger partial charge in [0.15, 0.2) is 17.9 Å². The molecule has 0 unspecified atom stereocenters. The van der Waals surface area contributed by atoms with Gasteiger partial charge in [-0.05, 0) is 46.8 Å². The van der Waals surface area contributed by atoms with E-state index in [9.17, 15) is 9.18 Å². The SMILES string of the molecule is O=Cc1c(Br)ccc(OCC2CCCC2)c1F. The molecule has 17 heavy (non-hydrogen) atoms. The van der Waals surface area contributed by atoms with E-state index in [2.05, 4.69) is 15.9 Å². The lowest BCUT2D eigenvalue weighted by Gasteiger charge is -2.13. The molecule has 1 aliphatic rings. The van der Waals surface area contributed by atoms with Crippen molar-refractivity contribution < 1.29 is 13.9 Å². The van der Waals surface area contributed by atoms with Crippen LogP contribution >= 0.6 is 15.9 Å². The third-order valence-electron chi connectivity index (χ3n) is 3.16. The van der Waals surface area contributed by atoms with E-state index in [1.807, 2.05) is 0 Å². The largest absolute Gasteiger partial charge is 0.490 e. The predicted molar refractivity (Wildman–Crippen MR) is 66.9 cm³/mol. The lowest BCUT2D eigenvalue weighted by Crippen LogP contribution is -2.09. The average molecular weight is 301 g/mol. The van der Waals surface area contributed by atoms with Gasteiger partial charge in [0.2, 0.25) is 0 Å². The third-order valence-corrected chi connectivity index (χ3v) is 3.85. The van der Waals surface area contributed by atoms with E-state index < -0.39 is 5.82 Å². The second-order valence-corrected chi connectivity index (χ2v) is 5.21. The zero-order valence-corrected chi connectivity index (χ0v) is 11.0. The molecule has 0 atom stereocenters. The molecule has 1 aliphatic carbocycles. The van der Waals surface area contributed by atoms with Gasteiger partial charge in [0.05, 0.1) is 12.2 Å². The van der Waals surface area contributed by atoms with E-state index in [0.29, 0.717) is 23.3 Å². The van der Waals surface area contributed by atoms with Gasteiger partial charge < -0.3 is 4.74 Å². The standard InChI is InChI=1S/C13H14BrFO2/c14-11-5-6-12(13(15)10(11)7-16)17-8-9-3-1-2-4-9/h5-7,9H,1-4,8H2. The first-order chi connectivity index (χ1) is 8.22. The molecular weight excluding hydrogens is 287 g/mol. The second kappa shape index (κ2) is 5.63. The Balaban J connectivity index is 2.07. The van der Waals surface area contributed by atoms with E-state index in [1.165, 1.54) is 12.8 Å². The zero-order valence-electron chi connectivity index (χ0n) is 9.42. The summed E-state index contributed by atoms with van der Waals surface area (Å²) in [7, 11) is 0. The molecule has 2 rings (SSSR count). The van der Waals surface area contributed by atoms with Crippen molar-refractivity contribution in [3.63, 3.8) is 0 Å². The quantitative estimate of drug-likeness (QED) is 0.787. The maximum Gasteiger partial charge on any atom is 0.176 e. The molecule has 0 spiro atoms. The molecule has 0 saturated heterocycles. The van der Waals surface area contributed by atoms with Crippen LogP contribution in [0, 0.1) is 11.7 Å². The Kier molecular flexibility index (Phi) is 4.15. The maximum absolute atomic E-state index is 13.8. The van der Waals surface area contributed by atoms with Crippen LogP contribution in [0.25, 0.3) is 0 Å². The van der Waals surface area contributed by atoms with Crippen LogP contribution in [0.2, 0.25) is 0 Å². The highest BCUT2D eigenvalue weighted by Crippen LogP contribution is 2.29. The minimum Gasteiger partial charge on any atom is -0.490 e. The molecule has 0 bridgehead atoms. The number of hydrogen-bond donors (Lipinski definition) is 0. The van der Waals surface area contributed by atoms with Crippen molar-refractivity contribution in [2.75, 3.05) is 6.61 Å². The van der Waals surface area contributed by atoms with E-state index in [0.717, 1.165) is 12.8 Å². The Morgan fingerprint density at radius 2 is 2.12 bits per heavy atom. The molecule has 92 valence electrons. The number of carbonyl (C=O) groups is 1. The first kappa shape index (κ1) is 12.6. The van der Waals surface area contributed by atoms with Crippen molar-refractivity contribution >= 4 is 22.2 Å². The molecule has 0 aromatic heterocycles. The summed E-state index contributed by atoms with van der Waals surface area (Å²) in [4.78, 5) is 10.7. The van der Waals surface area contributed by atoms with Crippen LogP contribution in [0.1, 0.15) is 36.0 Å². The van der Waals surface area contributed by atoms with Crippen LogP contribution in [0.3, 0.4) is 0 Å². The maximum atomic E-state index is 13.8. The summed E-state index contributed by atoms with van der Waals surface area (Å²) in [6, 6.07) is 3.19. The number of carbonyl (C=O) groups excluding carboxylic acids is 1. The Labute approximate surface area is 108 Å². The second-order valence-electron chi connectivity index (χ2n) is 4.35. The first-order valence-corrected chi connectivity index (χ1v) is 6.57. The van der Waals surface area contributed by atoms with E-state index in [1.54, 1.807) is 12.1 Å². The fourth-order valence-electron chi connectivity index (χ4n) is 2.15. The first-order valence-electron chi connectivity index (χ1n) is 5.78. The summed E-state index contributed by atoms with van der Waals surface area (Å²) in [6.45, 7) is 0.539. The van der Waals surface area contributed by atoms with Crippen LogP contribution < -0.4 is 4.74 Å². The van der Waals surface area contributed by atoms with Gasteiger partial charge >= 0.3 is 0 Å². The molecule has 2 nitrogen and oxygen atoms in total. The molecule has 1 aromatic rings. The predicted octanol–water partition coefficient (Wildman–Crippen LogP) is 3.97. The number of benzene rings is 1. The Morgan fingerprint density at radius 1 is 1.41 bits per heavy atom. The van der Waals surface area contributed by atoms with Gasteiger partial charge in [-0.2, -0.15) is 0 Å². The van der Waals surface area contributed by atoms with Gasteiger partial charge in [0.1, 0.15) is 0 Å². The summed E-state index contributed by atoms with van der Waals surface area (Å²) >= 11 is 3.13. The van der Waals surface area contributed by atoms with Crippen molar-refractivity contribution in [3.8, 4) is 5.75 Å². The van der Waals surface area contributed by atoms with Crippen LogP contribution in [0.15, 0.2) is 16.6 Å². The van der Waals surface area contributed by atoms with Crippen LogP contribution in [0.5, 0.6) is 5.75 Å². The topological polar surface area (TPSA) is 26.3 Å². The van der Waals surface area contributed by atoms with Gasteiger partial charge in [-0.25, -0.2) is 4.39 Å². The summed E-state index contributed by atoms with van der Waals surface area (Å²) in [6.07, 6.45) is 5.27. The minimum atomic E-state index is -0.577. The molecule has 0 aliphatic heterocycles. The van der Waals surface area contributed by atoms with Crippen molar-refractivity contribution in [1.29, 1.82) is 0 Å². The molecule has 0 N–H and O–H groups in total. The minimum absolute atomic E-state index is 0.0221. The molecule has 1 fully saturated rings. The zero-order chi connectivity index (χ0) is 12.3. The highest BCUT2D eigenvalue weighted by atomic mass is 79.9. The highest BCUT2D eigenvalue weighted by molar-refractivity contribution is 9.10. The van der Waals surface area contributed by atoms with Gasteiger partial charge in [0, 0.05) is 4.47 Å². The lowest BCUT2D eigenvalue weighted by molar-refractivity contribution is 0.111. The fraction of sp³-hybridized carbons (Fsp3) is 0.462. The third kappa shape index (κ3) is 2.86. The van der Waals surface area contributed by atoms with Crippen molar-refractivity contribution in [3.05, 3.63) is 28.0 Å². The summed E-state index contributed by atoms with van der Waals surface area (Å²) in [5, 5.41) is 0. The van der Waals surface area contributed by atoms with Crippen molar-refractivity contribution in [2.45, 2.75) is 25.7 Å². The number of rotatable bonds is 4. The number of halogens is 2. The molecular formula is C13H14BrFO2. The van der Waals surface area contributed by atoms with Crippen molar-refractivity contribution in [1.82, 2.24) is 0 Å². The fourth-order valence-corrected chi connectivity index (χ4v) is 2.55. The molecule has 0 radical (unpaired) electrons. The van der Waals surface area contributed by atoms with Crippen LogP contribution in [0.4, 0.5) is 4.39 Å². The molecule has 1 saturated carbocycles.